The molecule has 122 valence electrons. The van der Waals surface area contributed by atoms with Gasteiger partial charge in [-0.05, 0) is 61.9 Å². The molecule has 0 amide bonds. The molecule has 0 bridgehead atoms. The molecule has 3 nitrogen and oxygen atoms in total. The molecule has 0 saturated carbocycles. The summed E-state index contributed by atoms with van der Waals surface area (Å²) in [6.45, 7) is 3.81. The van der Waals surface area contributed by atoms with Crippen molar-refractivity contribution < 1.29 is 19.0 Å². The summed E-state index contributed by atoms with van der Waals surface area (Å²) < 4.78 is 18.9. The standard InChI is InChI=1S/C20H17FO3/c1-20(2)11-10-16-18(24-20)9-7-15(19(16)23)17(22)8-6-13-4-3-5-14(21)12-13/h3-12,23H,1-2H3/b8-6+. The Balaban J connectivity index is 1.89. The van der Waals surface area contributed by atoms with Gasteiger partial charge in [0.15, 0.2) is 5.78 Å². The number of carbonyl (C=O) groups is 1. The van der Waals surface area contributed by atoms with Crippen LogP contribution in [0.4, 0.5) is 4.39 Å². The maximum atomic E-state index is 13.1. The lowest BCUT2D eigenvalue weighted by molar-refractivity contribution is 0.104. The number of phenols is 1. The number of fused-ring (bicyclic) bond motifs is 1. The summed E-state index contributed by atoms with van der Waals surface area (Å²) >= 11 is 0. The van der Waals surface area contributed by atoms with Crippen LogP contribution in [0.2, 0.25) is 0 Å². The second kappa shape index (κ2) is 5.96. The fourth-order valence-electron chi connectivity index (χ4n) is 2.51. The van der Waals surface area contributed by atoms with Gasteiger partial charge in [-0.2, -0.15) is 0 Å². The highest BCUT2D eigenvalue weighted by molar-refractivity contribution is 6.09. The molecule has 1 heterocycles. The van der Waals surface area contributed by atoms with Gasteiger partial charge in [0.1, 0.15) is 22.9 Å². The van der Waals surface area contributed by atoms with Crippen LogP contribution in [0.3, 0.4) is 0 Å². The number of halogens is 1. The molecule has 0 aliphatic carbocycles. The van der Waals surface area contributed by atoms with Crippen LogP contribution in [0.15, 0.2) is 48.6 Å². The van der Waals surface area contributed by atoms with Crippen LogP contribution in [-0.2, 0) is 0 Å². The zero-order valence-electron chi connectivity index (χ0n) is 13.4. The fraction of sp³-hybridized carbons (Fsp3) is 0.150. The lowest BCUT2D eigenvalue weighted by Gasteiger charge is -2.28. The highest BCUT2D eigenvalue weighted by Crippen LogP contribution is 2.38. The normalized spacial score (nSPS) is 15.1. The van der Waals surface area contributed by atoms with Gasteiger partial charge in [0.05, 0.1) is 11.1 Å². The number of allylic oxidation sites excluding steroid dienone is 1. The van der Waals surface area contributed by atoms with Gasteiger partial charge in [0, 0.05) is 0 Å². The summed E-state index contributed by atoms with van der Waals surface area (Å²) in [5.41, 5.74) is 0.780. The zero-order valence-corrected chi connectivity index (χ0v) is 13.4. The van der Waals surface area contributed by atoms with Gasteiger partial charge in [-0.15, -0.1) is 0 Å². The predicted molar refractivity (Wildman–Crippen MR) is 91.6 cm³/mol. The first kappa shape index (κ1) is 16.0. The van der Waals surface area contributed by atoms with Crippen LogP contribution in [0.5, 0.6) is 11.5 Å². The van der Waals surface area contributed by atoms with Gasteiger partial charge in [-0.3, -0.25) is 4.79 Å². The van der Waals surface area contributed by atoms with Crippen molar-refractivity contribution in [3.05, 3.63) is 71.1 Å². The Labute approximate surface area is 139 Å². The van der Waals surface area contributed by atoms with Gasteiger partial charge in [-0.25, -0.2) is 4.39 Å². The molecule has 0 atom stereocenters. The Kier molecular flexibility index (Phi) is 3.97. The third-order valence-corrected chi connectivity index (χ3v) is 3.74. The minimum atomic E-state index is -0.456. The first-order valence-corrected chi connectivity index (χ1v) is 7.58. The molecule has 1 N–H and O–H groups in total. The van der Waals surface area contributed by atoms with Crippen molar-refractivity contribution in [1.29, 1.82) is 0 Å². The summed E-state index contributed by atoms with van der Waals surface area (Å²) in [5, 5.41) is 10.4. The average molecular weight is 324 g/mol. The van der Waals surface area contributed by atoms with Crippen LogP contribution >= 0.6 is 0 Å². The Morgan fingerprint density at radius 2 is 2.04 bits per heavy atom. The molecule has 0 spiro atoms. The van der Waals surface area contributed by atoms with Gasteiger partial charge < -0.3 is 9.84 Å². The van der Waals surface area contributed by atoms with E-state index in [-0.39, 0.29) is 22.9 Å². The van der Waals surface area contributed by atoms with E-state index >= 15 is 0 Å². The van der Waals surface area contributed by atoms with E-state index < -0.39 is 5.60 Å². The SMILES string of the molecule is CC1(C)C=Cc2c(ccc(C(=O)/C=C/c3cccc(F)c3)c2O)O1. The molecule has 3 rings (SSSR count). The van der Waals surface area contributed by atoms with Crippen molar-refractivity contribution in [2.75, 3.05) is 0 Å². The number of carbonyl (C=O) groups excluding carboxylic acids is 1. The first-order valence-electron chi connectivity index (χ1n) is 7.58. The highest BCUT2D eigenvalue weighted by Gasteiger charge is 2.25. The number of hydrogen-bond acceptors (Lipinski definition) is 3. The second-order valence-corrected chi connectivity index (χ2v) is 6.16. The first-order chi connectivity index (χ1) is 11.4. The molecular weight excluding hydrogens is 307 g/mol. The molecule has 0 unspecified atom stereocenters. The summed E-state index contributed by atoms with van der Waals surface area (Å²) in [7, 11) is 0. The number of ketones is 1. The van der Waals surface area contributed by atoms with Gasteiger partial charge in [-0.1, -0.05) is 18.2 Å². The molecule has 2 aromatic rings. The second-order valence-electron chi connectivity index (χ2n) is 6.16. The number of aromatic hydroxyl groups is 1. The molecule has 24 heavy (non-hydrogen) atoms. The fourth-order valence-corrected chi connectivity index (χ4v) is 2.51. The van der Waals surface area contributed by atoms with Crippen LogP contribution in [0.1, 0.15) is 35.3 Å². The summed E-state index contributed by atoms with van der Waals surface area (Å²) in [5.74, 6) is -0.317. The molecule has 0 fully saturated rings. The maximum Gasteiger partial charge on any atom is 0.189 e. The number of hydrogen-bond donors (Lipinski definition) is 1. The number of benzene rings is 2. The zero-order chi connectivity index (χ0) is 17.3. The summed E-state index contributed by atoms with van der Waals surface area (Å²) in [6, 6.07) is 9.13. The number of rotatable bonds is 3. The molecule has 0 radical (unpaired) electrons. The monoisotopic (exact) mass is 324 g/mol. The van der Waals surface area contributed by atoms with Crippen molar-refractivity contribution in [2.24, 2.45) is 0 Å². The van der Waals surface area contributed by atoms with E-state index in [9.17, 15) is 14.3 Å². The van der Waals surface area contributed by atoms with E-state index in [0.717, 1.165) is 0 Å². The third kappa shape index (κ3) is 3.23. The highest BCUT2D eigenvalue weighted by atomic mass is 19.1. The van der Waals surface area contributed by atoms with E-state index in [1.807, 2.05) is 19.9 Å². The third-order valence-electron chi connectivity index (χ3n) is 3.74. The van der Waals surface area contributed by atoms with E-state index in [4.69, 9.17) is 4.74 Å². The lowest BCUT2D eigenvalue weighted by atomic mass is 9.98. The quantitative estimate of drug-likeness (QED) is 0.662. The van der Waals surface area contributed by atoms with Crippen molar-refractivity contribution in [1.82, 2.24) is 0 Å². The van der Waals surface area contributed by atoms with E-state index in [2.05, 4.69) is 0 Å². The van der Waals surface area contributed by atoms with Crippen molar-refractivity contribution in [3.63, 3.8) is 0 Å². The smallest absolute Gasteiger partial charge is 0.189 e. The minimum absolute atomic E-state index is 0.117. The number of ether oxygens (including phenoxy) is 1. The Bertz CT molecular complexity index is 863. The molecular formula is C20H17FO3. The summed E-state index contributed by atoms with van der Waals surface area (Å²) in [6.07, 6.45) is 6.40. The van der Waals surface area contributed by atoms with E-state index in [0.29, 0.717) is 16.9 Å². The Hall–Kier alpha value is -2.88. The topological polar surface area (TPSA) is 46.5 Å². The van der Waals surface area contributed by atoms with Crippen LogP contribution in [-0.4, -0.2) is 16.5 Å². The van der Waals surface area contributed by atoms with Gasteiger partial charge in [0.25, 0.3) is 0 Å². The van der Waals surface area contributed by atoms with Crippen molar-refractivity contribution >= 4 is 17.9 Å². The maximum absolute atomic E-state index is 13.1. The molecule has 0 aromatic heterocycles. The molecule has 1 aliphatic rings. The lowest BCUT2D eigenvalue weighted by Crippen LogP contribution is -2.27. The molecule has 4 heteroatoms. The average Bonchev–Trinajstić information content (AvgIpc) is 2.52. The van der Waals surface area contributed by atoms with E-state index in [1.165, 1.54) is 30.4 Å². The van der Waals surface area contributed by atoms with Gasteiger partial charge in [0.2, 0.25) is 0 Å². The Morgan fingerprint density at radius 3 is 2.79 bits per heavy atom. The number of phenolic OH excluding ortho intramolecular Hbond substituents is 1. The molecule has 1 aliphatic heterocycles. The molecule has 2 aromatic carbocycles. The van der Waals surface area contributed by atoms with Crippen LogP contribution < -0.4 is 4.74 Å². The van der Waals surface area contributed by atoms with Gasteiger partial charge >= 0.3 is 0 Å². The van der Waals surface area contributed by atoms with Crippen LogP contribution in [0.25, 0.3) is 12.2 Å². The molecule has 0 saturated heterocycles. The van der Waals surface area contributed by atoms with E-state index in [1.54, 1.807) is 24.3 Å². The largest absolute Gasteiger partial charge is 0.506 e. The van der Waals surface area contributed by atoms with Crippen LogP contribution in [0, 0.1) is 5.82 Å². The van der Waals surface area contributed by atoms with Crippen molar-refractivity contribution in [3.8, 4) is 11.5 Å². The minimum Gasteiger partial charge on any atom is -0.506 e. The summed E-state index contributed by atoms with van der Waals surface area (Å²) in [4.78, 5) is 12.3. The van der Waals surface area contributed by atoms with Crippen molar-refractivity contribution in [2.45, 2.75) is 19.4 Å². The Morgan fingerprint density at radius 1 is 1.25 bits per heavy atom. The predicted octanol–water partition coefficient (Wildman–Crippen LogP) is 4.61.